The smallest absolute Gasteiger partial charge is 0.261 e. The van der Waals surface area contributed by atoms with Crippen LogP contribution in [0.4, 0.5) is 15.9 Å². The Morgan fingerprint density at radius 3 is 2.56 bits per heavy atom. The normalized spacial score (nSPS) is 11.6. The summed E-state index contributed by atoms with van der Waals surface area (Å²) >= 11 is 0. The van der Waals surface area contributed by atoms with E-state index in [1.54, 1.807) is 12.1 Å². The predicted molar refractivity (Wildman–Crippen MR) is 97.8 cm³/mol. The Kier molecular flexibility index (Phi) is 6.33. The van der Waals surface area contributed by atoms with Gasteiger partial charge in [-0.2, -0.15) is 0 Å². The molecule has 0 atom stereocenters. The van der Waals surface area contributed by atoms with Crippen molar-refractivity contribution in [3.63, 3.8) is 0 Å². The molecule has 6 nitrogen and oxygen atoms in total. The number of aryl methyl sites for hydroxylation is 1. The molecule has 0 saturated carbocycles. The summed E-state index contributed by atoms with van der Waals surface area (Å²) < 4.78 is 40.4. The number of nitrogens with one attached hydrogen (secondary N) is 2. The molecule has 0 unspecified atom stereocenters. The molecule has 0 aliphatic carbocycles. The molecule has 8 heteroatoms. The highest BCUT2D eigenvalue weighted by atomic mass is 32.2. The minimum Gasteiger partial charge on any atom is -0.370 e. The van der Waals surface area contributed by atoms with E-state index in [-0.39, 0.29) is 10.5 Å². The number of halogens is 1. The van der Waals surface area contributed by atoms with Crippen molar-refractivity contribution in [2.75, 3.05) is 37.2 Å². The van der Waals surface area contributed by atoms with Crippen molar-refractivity contribution in [2.24, 2.45) is 0 Å². The van der Waals surface area contributed by atoms with E-state index in [0.717, 1.165) is 25.6 Å². The first-order valence-corrected chi connectivity index (χ1v) is 9.40. The fraction of sp³-hybridized carbons (Fsp3) is 0.353. The van der Waals surface area contributed by atoms with Crippen LogP contribution in [0.5, 0.6) is 0 Å². The van der Waals surface area contributed by atoms with E-state index in [9.17, 15) is 12.8 Å². The molecule has 2 rings (SSSR count). The number of nitrogens with zero attached hydrogens (tertiary/aromatic N) is 2. The van der Waals surface area contributed by atoms with E-state index in [1.807, 2.05) is 14.1 Å². The number of aromatic nitrogens is 1. The van der Waals surface area contributed by atoms with Crippen LogP contribution in [-0.4, -0.2) is 45.5 Å². The maximum atomic E-state index is 13.3. The standard InChI is InChI=1S/C17H23FN4O2S/c1-13-11-15(6-7-16(13)18)25(23,24)21-14-5-8-17(20-12-14)19-9-4-10-22(2)3/h5-8,11-12,21H,4,9-10H2,1-3H3,(H,19,20). The molecule has 1 aromatic carbocycles. The van der Waals surface area contributed by atoms with Gasteiger partial charge in [0.05, 0.1) is 16.8 Å². The Morgan fingerprint density at radius 2 is 1.96 bits per heavy atom. The van der Waals surface area contributed by atoms with Gasteiger partial charge in [0.15, 0.2) is 0 Å². The highest BCUT2D eigenvalue weighted by Crippen LogP contribution is 2.18. The Bertz CT molecular complexity index is 808. The third-order valence-corrected chi connectivity index (χ3v) is 4.92. The number of rotatable bonds is 8. The van der Waals surface area contributed by atoms with Crippen molar-refractivity contribution in [3.8, 4) is 0 Å². The van der Waals surface area contributed by atoms with Crippen molar-refractivity contribution in [1.29, 1.82) is 0 Å². The molecule has 2 aromatic rings. The highest BCUT2D eigenvalue weighted by Gasteiger charge is 2.15. The molecule has 0 saturated heterocycles. The lowest BCUT2D eigenvalue weighted by Gasteiger charge is -2.11. The van der Waals surface area contributed by atoms with E-state index < -0.39 is 15.8 Å². The molecule has 136 valence electrons. The van der Waals surface area contributed by atoms with Crippen molar-refractivity contribution in [1.82, 2.24) is 9.88 Å². The molecule has 1 heterocycles. The van der Waals surface area contributed by atoms with Gasteiger partial charge < -0.3 is 10.2 Å². The molecular weight excluding hydrogens is 343 g/mol. The number of hydrogen-bond donors (Lipinski definition) is 2. The van der Waals surface area contributed by atoms with Crippen LogP contribution in [-0.2, 0) is 10.0 Å². The van der Waals surface area contributed by atoms with Crippen LogP contribution in [0, 0.1) is 12.7 Å². The lowest BCUT2D eigenvalue weighted by Crippen LogP contribution is -2.16. The lowest BCUT2D eigenvalue weighted by atomic mass is 10.2. The van der Waals surface area contributed by atoms with Gasteiger partial charge in [0, 0.05) is 6.54 Å². The predicted octanol–water partition coefficient (Wildman–Crippen LogP) is 2.69. The number of sulfonamides is 1. The van der Waals surface area contributed by atoms with Gasteiger partial charge in [-0.3, -0.25) is 4.72 Å². The summed E-state index contributed by atoms with van der Waals surface area (Å²) in [5, 5.41) is 3.18. The summed E-state index contributed by atoms with van der Waals surface area (Å²) in [6.07, 6.45) is 2.43. The molecule has 0 bridgehead atoms. The average Bonchev–Trinajstić information content (AvgIpc) is 2.55. The second-order valence-corrected chi connectivity index (χ2v) is 7.71. The van der Waals surface area contributed by atoms with Gasteiger partial charge >= 0.3 is 0 Å². The first-order valence-electron chi connectivity index (χ1n) is 7.91. The fourth-order valence-corrected chi connectivity index (χ4v) is 3.30. The van der Waals surface area contributed by atoms with Crippen molar-refractivity contribution in [2.45, 2.75) is 18.2 Å². The molecule has 0 spiro atoms. The Morgan fingerprint density at radius 1 is 1.20 bits per heavy atom. The molecule has 1 aromatic heterocycles. The molecule has 0 fully saturated rings. The summed E-state index contributed by atoms with van der Waals surface area (Å²) in [6.45, 7) is 3.28. The van der Waals surface area contributed by atoms with E-state index in [4.69, 9.17) is 0 Å². The van der Waals surface area contributed by atoms with E-state index >= 15 is 0 Å². The van der Waals surface area contributed by atoms with Crippen LogP contribution in [0.3, 0.4) is 0 Å². The van der Waals surface area contributed by atoms with Crippen molar-refractivity contribution in [3.05, 3.63) is 47.9 Å². The van der Waals surface area contributed by atoms with Gasteiger partial charge in [0.2, 0.25) is 0 Å². The molecule has 0 radical (unpaired) electrons. The maximum absolute atomic E-state index is 13.3. The second kappa shape index (κ2) is 8.26. The fourth-order valence-electron chi connectivity index (χ4n) is 2.17. The SMILES string of the molecule is Cc1cc(S(=O)(=O)Nc2ccc(NCCCN(C)C)nc2)ccc1F. The van der Waals surface area contributed by atoms with Crippen LogP contribution in [0.15, 0.2) is 41.4 Å². The quantitative estimate of drug-likeness (QED) is 0.703. The number of pyridine rings is 1. The van der Waals surface area contributed by atoms with Crippen LogP contribution >= 0.6 is 0 Å². The molecule has 0 aliphatic heterocycles. The first kappa shape index (κ1) is 19.1. The third-order valence-electron chi connectivity index (χ3n) is 3.54. The van der Waals surface area contributed by atoms with Crippen LogP contribution in [0.1, 0.15) is 12.0 Å². The zero-order valence-corrected chi connectivity index (χ0v) is 15.4. The Labute approximate surface area is 148 Å². The summed E-state index contributed by atoms with van der Waals surface area (Å²) in [7, 11) is 0.253. The van der Waals surface area contributed by atoms with E-state index in [2.05, 4.69) is 19.9 Å². The topological polar surface area (TPSA) is 74.3 Å². The molecule has 2 N–H and O–H groups in total. The minimum absolute atomic E-state index is 0.0114. The van der Waals surface area contributed by atoms with Gasteiger partial charge in [-0.25, -0.2) is 17.8 Å². The van der Waals surface area contributed by atoms with Crippen LogP contribution < -0.4 is 10.0 Å². The number of hydrogen-bond acceptors (Lipinski definition) is 5. The van der Waals surface area contributed by atoms with Crippen LogP contribution in [0.2, 0.25) is 0 Å². The first-order chi connectivity index (χ1) is 11.8. The molecule has 0 aliphatic rings. The zero-order chi connectivity index (χ0) is 18.4. The van der Waals surface area contributed by atoms with Crippen LogP contribution in [0.25, 0.3) is 0 Å². The van der Waals surface area contributed by atoms with Crippen molar-refractivity contribution >= 4 is 21.5 Å². The Balaban J connectivity index is 1.99. The zero-order valence-electron chi connectivity index (χ0n) is 14.6. The maximum Gasteiger partial charge on any atom is 0.261 e. The number of benzene rings is 1. The molecule has 25 heavy (non-hydrogen) atoms. The molecule has 0 amide bonds. The number of anilines is 2. The van der Waals surface area contributed by atoms with E-state index in [1.165, 1.54) is 25.3 Å². The largest absolute Gasteiger partial charge is 0.370 e. The summed E-state index contributed by atoms with van der Waals surface area (Å²) in [5.41, 5.74) is 0.624. The monoisotopic (exact) mass is 366 g/mol. The Hall–Kier alpha value is -2.19. The van der Waals surface area contributed by atoms with Gasteiger partial charge in [0.1, 0.15) is 11.6 Å². The lowest BCUT2D eigenvalue weighted by molar-refractivity contribution is 0.405. The van der Waals surface area contributed by atoms with Gasteiger partial charge in [-0.15, -0.1) is 0 Å². The third kappa shape index (κ3) is 5.68. The average molecular weight is 366 g/mol. The molecular formula is C17H23FN4O2S. The van der Waals surface area contributed by atoms with Crippen molar-refractivity contribution < 1.29 is 12.8 Å². The van der Waals surface area contributed by atoms with Gasteiger partial charge in [-0.1, -0.05) is 0 Å². The van der Waals surface area contributed by atoms with Gasteiger partial charge in [-0.05, 0) is 69.9 Å². The highest BCUT2D eigenvalue weighted by molar-refractivity contribution is 7.92. The van der Waals surface area contributed by atoms with Gasteiger partial charge in [0.25, 0.3) is 10.0 Å². The van der Waals surface area contributed by atoms with E-state index in [0.29, 0.717) is 11.5 Å². The summed E-state index contributed by atoms with van der Waals surface area (Å²) in [4.78, 5) is 6.31. The summed E-state index contributed by atoms with van der Waals surface area (Å²) in [6, 6.07) is 7.02. The minimum atomic E-state index is -3.78. The summed E-state index contributed by atoms with van der Waals surface area (Å²) in [5.74, 6) is 0.240. The second-order valence-electron chi connectivity index (χ2n) is 6.03.